The molecule has 0 saturated heterocycles. The van der Waals surface area contributed by atoms with Crippen LogP contribution in [0, 0.1) is 17.7 Å². The van der Waals surface area contributed by atoms with Gasteiger partial charge in [0, 0.05) is 12.0 Å². The lowest BCUT2D eigenvalue weighted by atomic mass is 9.72. The molecule has 1 nitrogen and oxygen atoms in total. The summed E-state index contributed by atoms with van der Waals surface area (Å²) >= 11 is 5.99. The molecule has 0 amide bonds. The molecule has 20 heavy (non-hydrogen) atoms. The van der Waals surface area contributed by atoms with Crippen LogP contribution in [-0.4, -0.2) is 13.1 Å². The summed E-state index contributed by atoms with van der Waals surface area (Å²) in [5, 5.41) is 3.77. The first-order valence-corrected chi connectivity index (χ1v) is 8.00. The summed E-state index contributed by atoms with van der Waals surface area (Å²) in [6.45, 7) is 8.43. The normalized spacial score (nSPS) is 26.4. The fourth-order valence-electron chi connectivity index (χ4n) is 3.48. The Labute approximate surface area is 126 Å². The van der Waals surface area contributed by atoms with Gasteiger partial charge in [0.25, 0.3) is 0 Å². The zero-order valence-corrected chi connectivity index (χ0v) is 13.4. The minimum absolute atomic E-state index is 0.107. The minimum Gasteiger partial charge on any atom is -0.316 e. The summed E-state index contributed by atoms with van der Waals surface area (Å²) in [7, 11) is 0. The lowest BCUT2D eigenvalue weighted by Crippen LogP contribution is -2.42. The fourth-order valence-corrected chi connectivity index (χ4v) is 3.65. The van der Waals surface area contributed by atoms with Gasteiger partial charge < -0.3 is 5.32 Å². The molecule has 1 aliphatic rings. The first-order valence-electron chi connectivity index (χ1n) is 7.62. The highest BCUT2D eigenvalue weighted by molar-refractivity contribution is 6.30. The van der Waals surface area contributed by atoms with E-state index in [-0.39, 0.29) is 16.3 Å². The third kappa shape index (κ3) is 3.01. The van der Waals surface area contributed by atoms with Crippen LogP contribution in [0.4, 0.5) is 4.39 Å². The van der Waals surface area contributed by atoms with E-state index in [1.807, 2.05) is 12.1 Å². The van der Waals surface area contributed by atoms with Crippen molar-refractivity contribution in [3.8, 4) is 0 Å². The highest BCUT2D eigenvalue weighted by atomic mass is 35.5. The average Bonchev–Trinajstić information content (AvgIpc) is 2.75. The van der Waals surface area contributed by atoms with Crippen molar-refractivity contribution >= 4 is 11.6 Å². The molecule has 1 N–H and O–H groups in total. The molecular weight excluding hydrogens is 273 g/mol. The predicted octanol–water partition coefficient (Wildman–Crippen LogP) is 4.78. The molecule has 0 bridgehead atoms. The molecule has 1 aromatic rings. The van der Waals surface area contributed by atoms with E-state index in [0.29, 0.717) is 11.8 Å². The number of nitrogens with one attached hydrogen (secondary N) is 1. The van der Waals surface area contributed by atoms with Crippen LogP contribution in [0.1, 0.15) is 45.6 Å². The van der Waals surface area contributed by atoms with E-state index >= 15 is 0 Å². The van der Waals surface area contributed by atoms with Gasteiger partial charge in [-0.1, -0.05) is 50.9 Å². The standard InChI is InChI=1S/C17H25ClFN/c1-12(2)10-20-11-17(9-5-6-13(17)3)14-7-4-8-15(18)16(14)19/h4,7-8,12-13,20H,5-6,9-11H2,1-3H3. The Balaban J connectivity index is 2.30. The van der Waals surface area contributed by atoms with Crippen LogP contribution in [0.3, 0.4) is 0 Å². The van der Waals surface area contributed by atoms with Gasteiger partial charge in [-0.2, -0.15) is 0 Å². The summed E-state index contributed by atoms with van der Waals surface area (Å²) in [5.41, 5.74) is 0.690. The van der Waals surface area contributed by atoms with Gasteiger partial charge in [0.15, 0.2) is 0 Å². The zero-order chi connectivity index (χ0) is 14.8. The van der Waals surface area contributed by atoms with E-state index in [1.54, 1.807) is 6.07 Å². The predicted molar refractivity (Wildman–Crippen MR) is 83.8 cm³/mol. The van der Waals surface area contributed by atoms with Crippen molar-refractivity contribution in [1.29, 1.82) is 0 Å². The van der Waals surface area contributed by atoms with Gasteiger partial charge >= 0.3 is 0 Å². The van der Waals surface area contributed by atoms with Crippen LogP contribution in [0.5, 0.6) is 0 Å². The van der Waals surface area contributed by atoms with E-state index in [4.69, 9.17) is 11.6 Å². The second kappa shape index (κ2) is 6.44. The highest BCUT2D eigenvalue weighted by Crippen LogP contribution is 2.46. The minimum atomic E-state index is -0.228. The van der Waals surface area contributed by atoms with E-state index in [9.17, 15) is 4.39 Å². The van der Waals surface area contributed by atoms with Crippen LogP contribution >= 0.6 is 11.6 Å². The second-order valence-electron chi connectivity index (χ2n) is 6.58. The maximum atomic E-state index is 14.5. The molecule has 0 spiro atoms. The first kappa shape index (κ1) is 15.8. The summed E-state index contributed by atoms with van der Waals surface area (Å²) in [6.07, 6.45) is 3.36. The summed E-state index contributed by atoms with van der Waals surface area (Å²) < 4.78 is 14.5. The topological polar surface area (TPSA) is 12.0 Å². The molecular formula is C17H25ClFN. The van der Waals surface area contributed by atoms with E-state index in [2.05, 4.69) is 26.1 Å². The van der Waals surface area contributed by atoms with Crippen molar-refractivity contribution < 1.29 is 4.39 Å². The van der Waals surface area contributed by atoms with Gasteiger partial charge in [-0.3, -0.25) is 0 Å². The fraction of sp³-hybridized carbons (Fsp3) is 0.647. The molecule has 2 unspecified atom stereocenters. The van der Waals surface area contributed by atoms with Crippen molar-refractivity contribution in [2.24, 2.45) is 11.8 Å². The average molecular weight is 298 g/mol. The Morgan fingerprint density at radius 2 is 2.20 bits per heavy atom. The molecule has 112 valence electrons. The third-order valence-corrected chi connectivity index (χ3v) is 4.98. The largest absolute Gasteiger partial charge is 0.316 e. The van der Waals surface area contributed by atoms with Crippen LogP contribution < -0.4 is 5.32 Å². The second-order valence-corrected chi connectivity index (χ2v) is 6.98. The monoisotopic (exact) mass is 297 g/mol. The van der Waals surface area contributed by atoms with Gasteiger partial charge in [0.2, 0.25) is 0 Å². The number of hydrogen-bond acceptors (Lipinski definition) is 1. The Bertz CT molecular complexity index is 460. The lowest BCUT2D eigenvalue weighted by Gasteiger charge is -2.35. The van der Waals surface area contributed by atoms with Crippen molar-refractivity contribution in [1.82, 2.24) is 5.32 Å². The van der Waals surface area contributed by atoms with Gasteiger partial charge in [0.05, 0.1) is 5.02 Å². The van der Waals surface area contributed by atoms with Crippen LogP contribution in [0.25, 0.3) is 0 Å². The van der Waals surface area contributed by atoms with E-state index in [0.717, 1.165) is 37.9 Å². The Hall–Kier alpha value is -0.600. The van der Waals surface area contributed by atoms with Gasteiger partial charge in [-0.15, -0.1) is 0 Å². The molecule has 1 fully saturated rings. The lowest BCUT2D eigenvalue weighted by molar-refractivity contribution is 0.301. The molecule has 0 radical (unpaired) electrons. The summed E-state index contributed by atoms with van der Waals surface area (Å²) in [6, 6.07) is 5.42. The van der Waals surface area contributed by atoms with E-state index in [1.165, 1.54) is 0 Å². The molecule has 1 saturated carbocycles. The third-order valence-electron chi connectivity index (χ3n) is 4.68. The smallest absolute Gasteiger partial charge is 0.145 e. The summed E-state index contributed by atoms with van der Waals surface area (Å²) in [5.74, 6) is 0.859. The number of hydrogen-bond donors (Lipinski definition) is 1. The molecule has 1 aliphatic carbocycles. The zero-order valence-electron chi connectivity index (χ0n) is 12.7. The summed E-state index contributed by atoms with van der Waals surface area (Å²) in [4.78, 5) is 0. The molecule has 3 heteroatoms. The molecule has 0 heterocycles. The van der Waals surface area contributed by atoms with Gasteiger partial charge in [0.1, 0.15) is 5.82 Å². The van der Waals surface area contributed by atoms with Gasteiger partial charge in [-0.25, -0.2) is 4.39 Å². The Kier molecular flexibility index (Phi) is 5.09. The maximum Gasteiger partial charge on any atom is 0.145 e. The van der Waals surface area contributed by atoms with Crippen molar-refractivity contribution in [2.45, 2.75) is 45.4 Å². The molecule has 0 aromatic heterocycles. The molecule has 2 atom stereocenters. The van der Waals surface area contributed by atoms with Crippen LogP contribution in [0.15, 0.2) is 18.2 Å². The SMILES string of the molecule is CC(C)CNCC1(c2cccc(Cl)c2F)CCCC1C. The van der Waals surface area contributed by atoms with E-state index < -0.39 is 0 Å². The van der Waals surface area contributed by atoms with Crippen LogP contribution in [-0.2, 0) is 5.41 Å². The first-order chi connectivity index (χ1) is 9.47. The molecule has 2 rings (SSSR count). The number of rotatable bonds is 5. The number of benzene rings is 1. The molecule has 1 aromatic carbocycles. The van der Waals surface area contributed by atoms with Crippen molar-refractivity contribution in [3.63, 3.8) is 0 Å². The Morgan fingerprint density at radius 1 is 1.45 bits per heavy atom. The van der Waals surface area contributed by atoms with Crippen LogP contribution in [0.2, 0.25) is 5.02 Å². The quantitative estimate of drug-likeness (QED) is 0.824. The van der Waals surface area contributed by atoms with Crippen molar-refractivity contribution in [3.05, 3.63) is 34.6 Å². The highest BCUT2D eigenvalue weighted by Gasteiger charge is 2.43. The van der Waals surface area contributed by atoms with Gasteiger partial charge in [-0.05, 0) is 42.9 Å². The number of halogens is 2. The maximum absolute atomic E-state index is 14.5. The molecule has 0 aliphatic heterocycles. The Morgan fingerprint density at radius 3 is 2.80 bits per heavy atom. The van der Waals surface area contributed by atoms with Crippen molar-refractivity contribution in [2.75, 3.05) is 13.1 Å².